The molecule has 1 aromatic heterocycles. The maximum absolute atomic E-state index is 13.4. The smallest absolute Gasteiger partial charge is 0.226 e. The zero-order valence-electron chi connectivity index (χ0n) is 14.6. The minimum Gasteiger partial charge on any atom is -0.342 e. The molecular formula is C20H24FN3O. The van der Waals surface area contributed by atoms with Crippen LogP contribution in [0.1, 0.15) is 36.6 Å². The fourth-order valence-corrected chi connectivity index (χ4v) is 4.09. The number of carbonyl (C=O) groups excluding carboxylic acids is 1. The third kappa shape index (κ3) is 3.46. The van der Waals surface area contributed by atoms with Crippen molar-refractivity contribution in [2.75, 3.05) is 13.1 Å². The average Bonchev–Trinajstić information content (AvgIpc) is 3.32. The summed E-state index contributed by atoms with van der Waals surface area (Å²) in [4.78, 5) is 19.3. The van der Waals surface area contributed by atoms with Crippen LogP contribution < -0.4 is 0 Å². The molecule has 1 amide bonds. The molecule has 1 aromatic carbocycles. The Morgan fingerprint density at radius 2 is 2.28 bits per heavy atom. The largest absolute Gasteiger partial charge is 0.342 e. The molecule has 4 nitrogen and oxygen atoms in total. The highest BCUT2D eigenvalue weighted by Crippen LogP contribution is 2.48. The molecule has 0 bridgehead atoms. The molecule has 25 heavy (non-hydrogen) atoms. The predicted molar refractivity (Wildman–Crippen MR) is 93.5 cm³/mol. The van der Waals surface area contributed by atoms with E-state index in [2.05, 4.69) is 9.55 Å². The average molecular weight is 341 g/mol. The molecule has 1 aliphatic carbocycles. The van der Waals surface area contributed by atoms with E-state index in [1.54, 1.807) is 12.1 Å². The van der Waals surface area contributed by atoms with Crippen LogP contribution in [-0.2, 0) is 18.3 Å². The zero-order valence-corrected chi connectivity index (χ0v) is 14.6. The first kappa shape index (κ1) is 16.3. The van der Waals surface area contributed by atoms with Crippen LogP contribution in [0.3, 0.4) is 0 Å². The standard InChI is InChI=1S/C20H24FN3O/c1-23-9-7-22-19(23)10-14-4-3-8-24(13-14)20(25)18-12-17(18)15-5-2-6-16(21)11-15/h2,5-7,9,11,14,17-18H,3-4,8,10,12-13H2,1H3/t14-,17-,18-/m0/s1. The van der Waals surface area contributed by atoms with E-state index in [1.165, 1.54) is 6.07 Å². The number of hydrogen-bond acceptors (Lipinski definition) is 2. The molecule has 2 heterocycles. The van der Waals surface area contributed by atoms with Gasteiger partial charge in [0.05, 0.1) is 0 Å². The highest BCUT2D eigenvalue weighted by atomic mass is 19.1. The van der Waals surface area contributed by atoms with E-state index in [4.69, 9.17) is 0 Å². The predicted octanol–water partition coefficient (Wildman–Crippen LogP) is 3.14. The quantitative estimate of drug-likeness (QED) is 0.857. The molecule has 0 N–H and O–H groups in total. The zero-order chi connectivity index (χ0) is 17.4. The van der Waals surface area contributed by atoms with E-state index >= 15 is 0 Å². The molecule has 3 atom stereocenters. The van der Waals surface area contributed by atoms with Gasteiger partial charge in [-0.15, -0.1) is 0 Å². The highest BCUT2D eigenvalue weighted by Gasteiger charge is 2.46. The minimum atomic E-state index is -0.219. The van der Waals surface area contributed by atoms with Crippen molar-refractivity contribution in [3.63, 3.8) is 0 Å². The van der Waals surface area contributed by atoms with Crippen molar-refractivity contribution >= 4 is 5.91 Å². The fourth-order valence-electron chi connectivity index (χ4n) is 4.09. The van der Waals surface area contributed by atoms with Crippen molar-refractivity contribution < 1.29 is 9.18 Å². The van der Waals surface area contributed by atoms with Crippen LogP contribution in [0, 0.1) is 17.7 Å². The van der Waals surface area contributed by atoms with E-state index in [-0.39, 0.29) is 23.6 Å². The Hall–Kier alpha value is -2.17. The number of amides is 1. The van der Waals surface area contributed by atoms with Crippen molar-refractivity contribution in [2.45, 2.75) is 31.6 Å². The van der Waals surface area contributed by atoms with Gasteiger partial charge in [-0.1, -0.05) is 12.1 Å². The molecule has 1 aliphatic heterocycles. The molecule has 132 valence electrons. The Kier molecular flexibility index (Phi) is 4.32. The summed E-state index contributed by atoms with van der Waals surface area (Å²) in [5.74, 6) is 1.82. The fraction of sp³-hybridized carbons (Fsp3) is 0.500. The van der Waals surface area contributed by atoms with Crippen LogP contribution in [-0.4, -0.2) is 33.4 Å². The van der Waals surface area contributed by atoms with Crippen LogP contribution in [0.25, 0.3) is 0 Å². The number of carbonyl (C=O) groups is 1. The van der Waals surface area contributed by atoms with Gasteiger partial charge < -0.3 is 9.47 Å². The van der Waals surface area contributed by atoms with Crippen molar-refractivity contribution in [3.8, 4) is 0 Å². The second kappa shape index (κ2) is 6.62. The van der Waals surface area contributed by atoms with E-state index in [1.807, 2.05) is 30.4 Å². The third-order valence-corrected chi connectivity index (χ3v) is 5.61. The maximum Gasteiger partial charge on any atom is 0.226 e. The molecule has 2 aliphatic rings. The highest BCUT2D eigenvalue weighted by molar-refractivity contribution is 5.83. The summed E-state index contributed by atoms with van der Waals surface area (Å²) in [5.41, 5.74) is 0.958. The number of nitrogens with zero attached hydrogens (tertiary/aromatic N) is 3. The van der Waals surface area contributed by atoms with Gasteiger partial charge in [0.15, 0.2) is 0 Å². The van der Waals surface area contributed by atoms with Gasteiger partial charge in [0.25, 0.3) is 0 Å². The summed E-state index contributed by atoms with van der Waals surface area (Å²) in [7, 11) is 2.02. The van der Waals surface area contributed by atoms with E-state index < -0.39 is 0 Å². The topological polar surface area (TPSA) is 38.1 Å². The first-order valence-corrected chi connectivity index (χ1v) is 9.12. The Balaban J connectivity index is 1.37. The van der Waals surface area contributed by atoms with E-state index in [0.717, 1.165) is 50.2 Å². The molecule has 1 saturated heterocycles. The molecular weight excluding hydrogens is 317 g/mol. The number of rotatable bonds is 4. The van der Waals surface area contributed by atoms with E-state index in [9.17, 15) is 9.18 Å². The number of hydrogen-bond donors (Lipinski definition) is 0. The summed E-state index contributed by atoms with van der Waals surface area (Å²) in [6, 6.07) is 6.68. The van der Waals surface area contributed by atoms with E-state index in [0.29, 0.717) is 5.92 Å². The first-order valence-electron chi connectivity index (χ1n) is 9.12. The molecule has 5 heteroatoms. The molecule has 0 spiro atoms. The number of halogens is 1. The van der Waals surface area contributed by atoms with Crippen molar-refractivity contribution in [1.29, 1.82) is 0 Å². The van der Waals surface area contributed by atoms with Crippen molar-refractivity contribution in [1.82, 2.24) is 14.5 Å². The lowest BCUT2D eigenvalue weighted by atomic mass is 9.94. The van der Waals surface area contributed by atoms with Gasteiger partial charge in [0.2, 0.25) is 5.91 Å². The monoisotopic (exact) mass is 341 g/mol. The minimum absolute atomic E-state index is 0.0358. The summed E-state index contributed by atoms with van der Waals surface area (Å²) in [5, 5.41) is 0. The third-order valence-electron chi connectivity index (χ3n) is 5.61. The van der Waals surface area contributed by atoms with Crippen molar-refractivity contribution in [3.05, 3.63) is 53.9 Å². The lowest BCUT2D eigenvalue weighted by Crippen LogP contribution is -2.41. The Labute approximate surface area is 147 Å². The van der Waals surface area contributed by atoms with Gasteiger partial charge in [-0.25, -0.2) is 9.37 Å². The van der Waals surface area contributed by atoms with Crippen LogP contribution in [0.5, 0.6) is 0 Å². The Bertz CT molecular complexity index is 772. The lowest BCUT2D eigenvalue weighted by molar-refractivity contribution is -0.134. The number of imidazole rings is 1. The Morgan fingerprint density at radius 1 is 1.40 bits per heavy atom. The molecule has 2 fully saturated rings. The first-order chi connectivity index (χ1) is 12.1. The van der Waals surface area contributed by atoms with Gasteiger partial charge in [-0.3, -0.25) is 4.79 Å². The molecule has 2 aromatic rings. The number of aromatic nitrogens is 2. The summed E-state index contributed by atoms with van der Waals surface area (Å²) < 4.78 is 15.5. The van der Waals surface area contributed by atoms with Gasteiger partial charge >= 0.3 is 0 Å². The van der Waals surface area contributed by atoms with Gasteiger partial charge in [0, 0.05) is 44.9 Å². The molecule has 1 saturated carbocycles. The van der Waals surface area contributed by atoms with Crippen molar-refractivity contribution in [2.24, 2.45) is 18.9 Å². The second-order valence-electron chi connectivity index (χ2n) is 7.45. The number of benzene rings is 1. The number of likely N-dealkylation sites (tertiary alicyclic amines) is 1. The molecule has 4 rings (SSSR count). The maximum atomic E-state index is 13.4. The van der Waals surface area contributed by atoms with Gasteiger partial charge in [-0.2, -0.15) is 0 Å². The van der Waals surface area contributed by atoms with Crippen LogP contribution in [0.4, 0.5) is 4.39 Å². The summed E-state index contributed by atoms with van der Waals surface area (Å²) >= 11 is 0. The van der Waals surface area contributed by atoms with Gasteiger partial charge in [-0.05, 0) is 48.8 Å². The van der Waals surface area contributed by atoms with Crippen LogP contribution in [0.15, 0.2) is 36.7 Å². The summed E-state index contributed by atoms with van der Waals surface area (Å²) in [6.07, 6.45) is 7.77. The number of aryl methyl sites for hydroxylation is 1. The van der Waals surface area contributed by atoms with Crippen LogP contribution >= 0.6 is 0 Å². The lowest BCUT2D eigenvalue weighted by Gasteiger charge is -2.33. The molecule has 0 unspecified atom stereocenters. The summed E-state index contributed by atoms with van der Waals surface area (Å²) in [6.45, 7) is 1.67. The normalized spacial score (nSPS) is 25.8. The van der Waals surface area contributed by atoms with Gasteiger partial charge in [0.1, 0.15) is 11.6 Å². The Morgan fingerprint density at radius 3 is 3.04 bits per heavy atom. The number of piperidine rings is 1. The van der Waals surface area contributed by atoms with Crippen LogP contribution in [0.2, 0.25) is 0 Å². The SMILES string of the molecule is Cn1ccnc1C[C@@H]1CCCN(C(=O)[C@H]2C[C@H]2c2cccc(F)c2)C1. The second-order valence-corrected chi connectivity index (χ2v) is 7.45. The molecule has 0 radical (unpaired) electrons.